The Morgan fingerprint density at radius 1 is 1.43 bits per heavy atom. The van der Waals surface area contributed by atoms with E-state index in [0.717, 1.165) is 6.42 Å². The van der Waals surface area contributed by atoms with E-state index in [1.165, 1.54) is 0 Å². The van der Waals surface area contributed by atoms with Crippen LogP contribution in [0.15, 0.2) is 18.2 Å². The Bertz CT molecular complexity index is 66.1. The fourth-order valence-electron chi connectivity index (χ4n) is 0.340. The quantitative estimate of drug-likeness (QED) is 0.513. The van der Waals surface area contributed by atoms with Crippen molar-refractivity contribution in [2.75, 3.05) is 0 Å². The van der Waals surface area contributed by atoms with Crippen LogP contribution in [0.4, 0.5) is 0 Å². The van der Waals surface area contributed by atoms with Gasteiger partial charge in [0.05, 0.1) is 0 Å². The van der Waals surface area contributed by atoms with Gasteiger partial charge in [-0.15, -0.1) is 18.8 Å². The summed E-state index contributed by atoms with van der Waals surface area (Å²) in [5.41, 5.74) is 0. The summed E-state index contributed by atoms with van der Waals surface area (Å²) >= 11 is 0. The van der Waals surface area contributed by atoms with E-state index in [0.29, 0.717) is 0 Å². The molecule has 0 radical (unpaired) electrons. The summed E-state index contributed by atoms with van der Waals surface area (Å²) in [5, 5.41) is 0. The first-order valence-corrected chi connectivity index (χ1v) is 1.72. The van der Waals surface area contributed by atoms with Gasteiger partial charge >= 0.3 is 0 Å². The number of rotatable bonds is 0. The molecular formula is C5H6ClZr-. The summed E-state index contributed by atoms with van der Waals surface area (Å²) in [6.45, 7) is 0. The van der Waals surface area contributed by atoms with Gasteiger partial charge in [-0.1, -0.05) is 0 Å². The molecule has 7 heavy (non-hydrogen) atoms. The summed E-state index contributed by atoms with van der Waals surface area (Å²) in [6.07, 6.45) is 10.0. The average Bonchev–Trinajstić information content (AvgIpc) is 1.76. The van der Waals surface area contributed by atoms with Gasteiger partial charge in [-0.05, 0) is 0 Å². The second-order valence-electron chi connectivity index (χ2n) is 1.00. The largest absolute Gasteiger partial charge is 0.273 e. The van der Waals surface area contributed by atoms with E-state index in [9.17, 15) is 0 Å². The fraction of sp³-hybridized carbons (Fsp3) is 0.200. The molecule has 1 rings (SSSR count). The minimum Gasteiger partial charge on any atom is -0.273 e. The number of allylic oxidation sites excluding steroid dienone is 4. The van der Waals surface area contributed by atoms with Crippen molar-refractivity contribution in [1.29, 1.82) is 0 Å². The zero-order valence-electron chi connectivity index (χ0n) is 3.85. The van der Waals surface area contributed by atoms with Crippen LogP contribution in [0.25, 0.3) is 0 Å². The molecule has 0 amide bonds. The Balaban J connectivity index is 0. The molecule has 0 nitrogen and oxygen atoms in total. The van der Waals surface area contributed by atoms with Crippen LogP contribution in [0.2, 0.25) is 0 Å². The summed E-state index contributed by atoms with van der Waals surface area (Å²) < 4.78 is 0. The molecular weight excluding hydrogens is 187 g/mol. The monoisotopic (exact) mass is 191 g/mol. The Morgan fingerprint density at radius 3 is 2.29 bits per heavy atom. The van der Waals surface area contributed by atoms with Crippen molar-refractivity contribution in [1.82, 2.24) is 0 Å². The molecule has 0 N–H and O–H groups in total. The average molecular weight is 193 g/mol. The predicted molar refractivity (Wildman–Crippen MR) is 28.8 cm³/mol. The van der Waals surface area contributed by atoms with E-state index >= 15 is 0 Å². The Labute approximate surface area is 69.2 Å². The van der Waals surface area contributed by atoms with Crippen LogP contribution >= 0.6 is 12.4 Å². The first kappa shape index (κ1) is 10.6. The molecule has 38 valence electrons. The van der Waals surface area contributed by atoms with Crippen LogP contribution in [0, 0.1) is 6.08 Å². The van der Waals surface area contributed by atoms with E-state index in [4.69, 9.17) is 0 Å². The zero-order valence-corrected chi connectivity index (χ0v) is 7.12. The Hall–Kier alpha value is 0.653. The van der Waals surface area contributed by atoms with E-state index < -0.39 is 0 Å². The van der Waals surface area contributed by atoms with Crippen LogP contribution in [0.5, 0.6) is 0 Å². The van der Waals surface area contributed by atoms with Crippen LogP contribution in [0.1, 0.15) is 6.42 Å². The van der Waals surface area contributed by atoms with Gasteiger partial charge < -0.3 is 0 Å². The molecule has 2 heteroatoms. The Kier molecular flexibility index (Phi) is 10.1. The summed E-state index contributed by atoms with van der Waals surface area (Å²) in [6, 6.07) is 0. The molecule has 0 heterocycles. The minimum atomic E-state index is 0. The summed E-state index contributed by atoms with van der Waals surface area (Å²) in [4.78, 5) is 0. The fourth-order valence-corrected chi connectivity index (χ4v) is 0.340. The molecule has 0 atom stereocenters. The number of hydrogen-bond donors (Lipinski definition) is 0. The van der Waals surface area contributed by atoms with E-state index in [2.05, 4.69) is 12.2 Å². The second-order valence-corrected chi connectivity index (χ2v) is 1.00. The SMILES string of the molecule is Cl.[C-]1=CC=CC1.[Zr]. The van der Waals surface area contributed by atoms with E-state index in [-0.39, 0.29) is 38.6 Å². The van der Waals surface area contributed by atoms with Crippen molar-refractivity contribution < 1.29 is 26.2 Å². The minimum absolute atomic E-state index is 0. The van der Waals surface area contributed by atoms with Crippen LogP contribution in [-0.4, -0.2) is 0 Å². The number of hydrogen-bond acceptors (Lipinski definition) is 0. The zero-order chi connectivity index (χ0) is 3.54. The van der Waals surface area contributed by atoms with E-state index in [1.54, 1.807) is 0 Å². The van der Waals surface area contributed by atoms with Crippen molar-refractivity contribution in [2.24, 2.45) is 0 Å². The standard InChI is InChI=1S/C5H5.ClH.Zr/c1-2-4-5-3-1;;/h1-3H,4H2;1H;/q-1;;. The summed E-state index contributed by atoms with van der Waals surface area (Å²) in [7, 11) is 0. The first-order valence-electron chi connectivity index (χ1n) is 1.72. The molecule has 0 aromatic carbocycles. The van der Waals surface area contributed by atoms with Crippen molar-refractivity contribution in [3.05, 3.63) is 24.3 Å². The van der Waals surface area contributed by atoms with Gasteiger partial charge in [0.25, 0.3) is 0 Å². The molecule has 0 saturated carbocycles. The third kappa shape index (κ3) is 4.51. The van der Waals surface area contributed by atoms with Crippen molar-refractivity contribution >= 4 is 12.4 Å². The third-order valence-electron chi connectivity index (χ3n) is 0.586. The van der Waals surface area contributed by atoms with Crippen LogP contribution < -0.4 is 0 Å². The van der Waals surface area contributed by atoms with Crippen LogP contribution in [-0.2, 0) is 26.2 Å². The Morgan fingerprint density at radius 2 is 2.14 bits per heavy atom. The predicted octanol–water partition coefficient (Wildman–Crippen LogP) is 1.72. The van der Waals surface area contributed by atoms with Gasteiger partial charge in [0, 0.05) is 26.2 Å². The molecule has 0 bridgehead atoms. The normalized spacial score (nSPS) is 12.6. The van der Waals surface area contributed by atoms with Gasteiger partial charge in [0.1, 0.15) is 0 Å². The molecule has 0 spiro atoms. The first-order chi connectivity index (χ1) is 2.50. The summed E-state index contributed by atoms with van der Waals surface area (Å²) in [5.74, 6) is 0. The maximum absolute atomic E-state index is 2.99. The van der Waals surface area contributed by atoms with Gasteiger partial charge in [0.2, 0.25) is 0 Å². The molecule has 0 unspecified atom stereocenters. The smallest absolute Gasteiger partial charge is 0 e. The molecule has 1 aliphatic carbocycles. The van der Waals surface area contributed by atoms with Crippen LogP contribution in [0.3, 0.4) is 0 Å². The second kappa shape index (κ2) is 6.65. The van der Waals surface area contributed by atoms with Gasteiger partial charge in [0.15, 0.2) is 0 Å². The van der Waals surface area contributed by atoms with Crippen molar-refractivity contribution in [3.8, 4) is 0 Å². The number of halogens is 1. The molecule has 0 aromatic heterocycles. The van der Waals surface area contributed by atoms with Crippen molar-refractivity contribution in [2.45, 2.75) is 6.42 Å². The molecule has 1 aliphatic rings. The molecule has 0 fully saturated rings. The molecule has 0 aromatic rings. The molecule has 0 aliphatic heterocycles. The van der Waals surface area contributed by atoms with Gasteiger partial charge in [-0.25, -0.2) is 12.2 Å². The maximum Gasteiger partial charge on any atom is 0 e. The van der Waals surface area contributed by atoms with Gasteiger partial charge in [-0.3, -0.25) is 6.08 Å². The topological polar surface area (TPSA) is 0 Å². The van der Waals surface area contributed by atoms with Crippen molar-refractivity contribution in [3.63, 3.8) is 0 Å². The maximum atomic E-state index is 2.99. The third-order valence-corrected chi connectivity index (χ3v) is 0.586. The molecule has 0 saturated heterocycles. The van der Waals surface area contributed by atoms with Gasteiger partial charge in [-0.2, -0.15) is 6.08 Å². The van der Waals surface area contributed by atoms with E-state index in [1.807, 2.05) is 12.2 Å².